The van der Waals surface area contributed by atoms with Gasteiger partial charge in [-0.05, 0) is 24.3 Å². The van der Waals surface area contributed by atoms with E-state index in [1.165, 1.54) is 30.3 Å². The fraction of sp³-hybridized carbons (Fsp3) is 0.0769. The van der Waals surface area contributed by atoms with Crippen LogP contribution in [0.1, 0.15) is 0 Å². The van der Waals surface area contributed by atoms with E-state index in [0.29, 0.717) is 5.56 Å². The van der Waals surface area contributed by atoms with Crippen molar-refractivity contribution < 1.29 is 13.5 Å². The topological polar surface area (TPSA) is 9.23 Å². The summed E-state index contributed by atoms with van der Waals surface area (Å²) in [5.41, 5.74) is 0.598. The second-order valence-corrected chi connectivity index (χ2v) is 5.37. The highest BCUT2D eigenvalue weighted by atomic mass is 35.5. The molecule has 2 aromatic carbocycles. The highest BCUT2D eigenvalue weighted by molar-refractivity contribution is 6.44. The first-order chi connectivity index (χ1) is 9.40. The minimum Gasteiger partial charge on any atom is -0.434 e. The minimum absolute atomic E-state index is 0.0900. The summed E-state index contributed by atoms with van der Waals surface area (Å²) in [5, 5.41) is 0.924. The number of ether oxygens (including phenoxy) is 1. The van der Waals surface area contributed by atoms with Crippen molar-refractivity contribution in [3.05, 3.63) is 50.4 Å². The number of alkyl halides is 2. The van der Waals surface area contributed by atoms with Crippen molar-refractivity contribution in [3.8, 4) is 16.9 Å². The third-order valence-electron chi connectivity index (χ3n) is 2.47. The molecule has 0 bridgehead atoms. The zero-order chi connectivity index (χ0) is 14.9. The van der Waals surface area contributed by atoms with Crippen LogP contribution in [0, 0.1) is 0 Å². The van der Waals surface area contributed by atoms with E-state index in [2.05, 4.69) is 4.74 Å². The van der Waals surface area contributed by atoms with Crippen LogP contribution in [0.25, 0.3) is 11.1 Å². The van der Waals surface area contributed by atoms with Gasteiger partial charge in [0.05, 0.1) is 20.1 Å². The van der Waals surface area contributed by atoms with Crippen molar-refractivity contribution in [1.82, 2.24) is 0 Å². The standard InChI is InChI=1S/C13H6Cl4F2O/c14-7-2-1-3-11(20-13(18)19)12(7)6-4-9(16)10(17)5-8(6)15/h1-5,13H. The van der Waals surface area contributed by atoms with Crippen molar-refractivity contribution in [1.29, 1.82) is 0 Å². The molecule has 0 aromatic heterocycles. The van der Waals surface area contributed by atoms with Gasteiger partial charge in [-0.15, -0.1) is 0 Å². The molecule has 0 fully saturated rings. The Morgan fingerprint density at radius 1 is 0.850 bits per heavy atom. The van der Waals surface area contributed by atoms with E-state index in [1.54, 1.807) is 0 Å². The molecule has 7 heteroatoms. The fourth-order valence-corrected chi connectivity index (χ4v) is 2.58. The van der Waals surface area contributed by atoms with Gasteiger partial charge in [0.1, 0.15) is 5.75 Å². The molecule has 0 saturated heterocycles. The average molecular weight is 358 g/mol. The molecule has 0 radical (unpaired) electrons. The SMILES string of the molecule is FC(F)Oc1cccc(Cl)c1-c1cc(Cl)c(Cl)cc1Cl. The van der Waals surface area contributed by atoms with Crippen LogP contribution >= 0.6 is 46.4 Å². The van der Waals surface area contributed by atoms with Gasteiger partial charge in [0.2, 0.25) is 0 Å². The van der Waals surface area contributed by atoms with Crippen molar-refractivity contribution in [2.45, 2.75) is 6.61 Å². The summed E-state index contributed by atoms with van der Waals surface area (Å²) in [6, 6.07) is 7.26. The lowest BCUT2D eigenvalue weighted by molar-refractivity contribution is -0.0494. The van der Waals surface area contributed by atoms with Gasteiger partial charge in [-0.1, -0.05) is 52.5 Å². The fourth-order valence-electron chi connectivity index (χ4n) is 1.67. The minimum atomic E-state index is -2.98. The second-order valence-electron chi connectivity index (χ2n) is 3.74. The van der Waals surface area contributed by atoms with Crippen LogP contribution in [0.4, 0.5) is 8.78 Å². The lowest BCUT2D eigenvalue weighted by atomic mass is 10.0. The molecular weight excluding hydrogens is 352 g/mol. The van der Waals surface area contributed by atoms with Crippen molar-refractivity contribution in [3.63, 3.8) is 0 Å². The van der Waals surface area contributed by atoms with Gasteiger partial charge in [-0.25, -0.2) is 0 Å². The zero-order valence-electron chi connectivity index (χ0n) is 9.64. The largest absolute Gasteiger partial charge is 0.434 e. The Morgan fingerprint density at radius 2 is 1.50 bits per heavy atom. The molecule has 0 aliphatic carbocycles. The zero-order valence-corrected chi connectivity index (χ0v) is 12.7. The Balaban J connectivity index is 2.65. The van der Waals surface area contributed by atoms with Crippen molar-refractivity contribution >= 4 is 46.4 Å². The maximum Gasteiger partial charge on any atom is 0.387 e. The van der Waals surface area contributed by atoms with Gasteiger partial charge in [0.25, 0.3) is 0 Å². The van der Waals surface area contributed by atoms with Gasteiger partial charge in [0, 0.05) is 11.1 Å². The first kappa shape index (κ1) is 15.6. The van der Waals surface area contributed by atoms with Crippen LogP contribution in [-0.2, 0) is 0 Å². The Bertz CT molecular complexity index is 647. The second kappa shape index (κ2) is 6.35. The molecule has 0 heterocycles. The molecule has 0 spiro atoms. The van der Waals surface area contributed by atoms with Gasteiger partial charge in [-0.2, -0.15) is 8.78 Å². The molecule has 0 unspecified atom stereocenters. The van der Waals surface area contributed by atoms with Crippen LogP contribution in [0.3, 0.4) is 0 Å². The van der Waals surface area contributed by atoms with Gasteiger partial charge < -0.3 is 4.74 Å². The normalized spacial score (nSPS) is 10.9. The Hall–Kier alpha value is -0.740. The van der Waals surface area contributed by atoms with Crippen molar-refractivity contribution in [2.75, 3.05) is 0 Å². The molecule has 0 aliphatic heterocycles. The summed E-state index contributed by atoms with van der Waals surface area (Å²) in [6.45, 7) is -2.98. The quantitative estimate of drug-likeness (QED) is 0.564. The summed E-state index contributed by atoms with van der Waals surface area (Å²) in [6.07, 6.45) is 0. The molecule has 106 valence electrons. The summed E-state index contributed by atoms with van der Waals surface area (Å²) < 4.78 is 29.3. The third-order valence-corrected chi connectivity index (χ3v) is 3.82. The lowest BCUT2D eigenvalue weighted by Crippen LogP contribution is -2.03. The summed E-state index contributed by atoms with van der Waals surface area (Å²) in [5.74, 6) is -0.0900. The number of hydrogen-bond acceptors (Lipinski definition) is 1. The summed E-state index contributed by atoms with van der Waals surface area (Å²) >= 11 is 23.9. The molecule has 0 amide bonds. The van der Waals surface area contributed by atoms with E-state index < -0.39 is 6.61 Å². The van der Waals surface area contributed by atoms with E-state index in [-0.39, 0.29) is 31.4 Å². The Morgan fingerprint density at radius 3 is 2.15 bits per heavy atom. The number of hydrogen-bond donors (Lipinski definition) is 0. The highest BCUT2D eigenvalue weighted by Crippen LogP contribution is 2.43. The van der Waals surface area contributed by atoms with Crippen LogP contribution < -0.4 is 4.74 Å². The molecule has 0 N–H and O–H groups in total. The van der Waals surface area contributed by atoms with Crippen LogP contribution in [0.5, 0.6) is 5.75 Å². The van der Waals surface area contributed by atoms with E-state index in [0.717, 1.165) is 0 Å². The number of rotatable bonds is 3. The van der Waals surface area contributed by atoms with E-state index in [9.17, 15) is 8.78 Å². The number of halogens is 6. The molecule has 1 nitrogen and oxygen atoms in total. The van der Waals surface area contributed by atoms with Crippen molar-refractivity contribution in [2.24, 2.45) is 0 Å². The summed E-state index contributed by atoms with van der Waals surface area (Å²) in [7, 11) is 0. The van der Waals surface area contributed by atoms with Gasteiger partial charge >= 0.3 is 6.61 Å². The Kier molecular flexibility index (Phi) is 4.97. The third kappa shape index (κ3) is 3.29. The molecule has 0 saturated carbocycles. The highest BCUT2D eigenvalue weighted by Gasteiger charge is 2.18. The predicted octanol–water partition coefficient (Wildman–Crippen LogP) is 6.57. The lowest BCUT2D eigenvalue weighted by Gasteiger charge is -2.14. The number of benzene rings is 2. The van der Waals surface area contributed by atoms with Gasteiger partial charge in [0.15, 0.2) is 0 Å². The van der Waals surface area contributed by atoms with Crippen LogP contribution in [0.2, 0.25) is 20.1 Å². The first-order valence-electron chi connectivity index (χ1n) is 5.28. The van der Waals surface area contributed by atoms with E-state index in [1.807, 2.05) is 0 Å². The molecule has 0 atom stereocenters. The van der Waals surface area contributed by atoms with E-state index in [4.69, 9.17) is 46.4 Å². The summed E-state index contributed by atoms with van der Waals surface area (Å²) in [4.78, 5) is 0. The van der Waals surface area contributed by atoms with E-state index >= 15 is 0 Å². The van der Waals surface area contributed by atoms with Gasteiger partial charge in [-0.3, -0.25) is 0 Å². The predicted molar refractivity (Wildman–Crippen MR) is 78.5 cm³/mol. The maximum atomic E-state index is 12.4. The molecule has 2 rings (SSSR count). The Labute approximate surface area is 134 Å². The maximum absolute atomic E-state index is 12.4. The first-order valence-corrected chi connectivity index (χ1v) is 6.79. The molecule has 20 heavy (non-hydrogen) atoms. The van der Waals surface area contributed by atoms with Crippen LogP contribution in [-0.4, -0.2) is 6.61 Å². The molecule has 2 aromatic rings. The molecule has 0 aliphatic rings. The smallest absolute Gasteiger partial charge is 0.387 e. The average Bonchev–Trinajstić information content (AvgIpc) is 2.34. The monoisotopic (exact) mass is 356 g/mol. The molecular formula is C13H6Cl4F2O. The van der Waals surface area contributed by atoms with Crippen LogP contribution in [0.15, 0.2) is 30.3 Å².